The molecule has 0 amide bonds. The molecule has 0 aliphatic heterocycles. The van der Waals surface area contributed by atoms with Crippen molar-refractivity contribution in [2.24, 2.45) is 0 Å². The lowest BCUT2D eigenvalue weighted by molar-refractivity contribution is 0.474. The van der Waals surface area contributed by atoms with Gasteiger partial charge in [0.05, 0.1) is 5.39 Å². The number of rotatable bonds is 1. The molecule has 0 N–H and O–H groups in total. The third kappa shape index (κ3) is 1.31. The predicted octanol–water partition coefficient (Wildman–Crippen LogP) is 4.00. The molecule has 1 aromatic carbocycles. The van der Waals surface area contributed by atoms with Crippen molar-refractivity contribution in [3.8, 4) is 0 Å². The third-order valence-corrected chi connectivity index (χ3v) is 2.33. The van der Waals surface area contributed by atoms with Gasteiger partial charge in [-0.15, -0.1) is 0 Å². The number of hydrogen-bond acceptors (Lipinski definition) is 1. The van der Waals surface area contributed by atoms with Crippen LogP contribution in [-0.4, -0.2) is 0 Å². The molecule has 1 aromatic heterocycles. The molecule has 0 aliphatic rings. The maximum Gasteiger partial charge on any atom is 0.172 e. The molecule has 0 fully saturated rings. The van der Waals surface area contributed by atoms with Crippen molar-refractivity contribution in [1.29, 1.82) is 0 Å². The van der Waals surface area contributed by atoms with Gasteiger partial charge in [-0.1, -0.05) is 25.5 Å². The number of furan rings is 1. The van der Waals surface area contributed by atoms with Crippen LogP contribution in [0.15, 0.2) is 22.6 Å². The van der Waals surface area contributed by atoms with Crippen LogP contribution < -0.4 is 0 Å². The molecule has 2 aromatic rings. The fraction of sp³-hybridized carbons (Fsp3) is 0.333. The number of benzene rings is 1. The second-order valence-corrected chi connectivity index (χ2v) is 3.93. The molecule has 0 atom stereocenters. The van der Waals surface area contributed by atoms with E-state index in [0.717, 1.165) is 5.56 Å². The van der Waals surface area contributed by atoms with E-state index in [1.54, 1.807) is 0 Å². The van der Waals surface area contributed by atoms with Gasteiger partial charge >= 0.3 is 0 Å². The zero-order chi connectivity index (χ0) is 10.3. The largest absolute Gasteiger partial charge is 0.458 e. The Morgan fingerprint density at radius 2 is 2.00 bits per heavy atom. The molecular weight excluding hydrogens is 179 g/mol. The predicted molar refractivity (Wildman–Crippen MR) is 55.0 cm³/mol. The monoisotopic (exact) mass is 192 g/mol. The van der Waals surface area contributed by atoms with Gasteiger partial charge in [-0.2, -0.15) is 0 Å². The average Bonchev–Trinajstić information content (AvgIpc) is 2.44. The molecule has 1 nitrogen and oxygen atoms in total. The zero-order valence-electron chi connectivity index (χ0n) is 8.60. The number of aryl methyl sites for hydroxylation is 1. The topological polar surface area (TPSA) is 13.1 Å². The minimum atomic E-state index is -0.210. The fourth-order valence-electron chi connectivity index (χ4n) is 1.57. The lowest BCUT2D eigenvalue weighted by Crippen LogP contribution is -1.86. The first-order valence-corrected chi connectivity index (χ1v) is 4.78. The van der Waals surface area contributed by atoms with Crippen LogP contribution in [0.5, 0.6) is 0 Å². The van der Waals surface area contributed by atoms with E-state index in [9.17, 15) is 4.39 Å². The summed E-state index contributed by atoms with van der Waals surface area (Å²) in [6.45, 7) is 5.79. The molecule has 0 spiro atoms. The number of fused-ring (bicyclic) bond motifs is 1. The SMILES string of the molecule is Cc1ccc2oc(C(C)C)c(F)c2c1. The first kappa shape index (κ1) is 9.25. The van der Waals surface area contributed by atoms with Crippen LogP contribution in [0.2, 0.25) is 0 Å². The Hall–Kier alpha value is -1.31. The fourth-order valence-corrected chi connectivity index (χ4v) is 1.57. The van der Waals surface area contributed by atoms with E-state index in [2.05, 4.69) is 0 Å². The van der Waals surface area contributed by atoms with Crippen LogP contribution in [0.3, 0.4) is 0 Å². The van der Waals surface area contributed by atoms with Gasteiger partial charge in [0.15, 0.2) is 5.82 Å². The molecule has 1 heterocycles. The minimum absolute atomic E-state index is 0.0858. The molecule has 0 saturated carbocycles. The van der Waals surface area contributed by atoms with Crippen LogP contribution >= 0.6 is 0 Å². The Kier molecular flexibility index (Phi) is 2.06. The van der Waals surface area contributed by atoms with Gasteiger partial charge in [0.25, 0.3) is 0 Å². The Balaban J connectivity index is 2.74. The molecule has 0 aliphatic carbocycles. The summed E-state index contributed by atoms with van der Waals surface area (Å²) in [5, 5.41) is 0.591. The van der Waals surface area contributed by atoms with Gasteiger partial charge in [0, 0.05) is 5.92 Å². The van der Waals surface area contributed by atoms with Gasteiger partial charge in [-0.25, -0.2) is 4.39 Å². The normalized spacial score (nSPS) is 11.5. The lowest BCUT2D eigenvalue weighted by atomic mass is 10.1. The summed E-state index contributed by atoms with van der Waals surface area (Å²) in [6.07, 6.45) is 0. The van der Waals surface area contributed by atoms with Crippen LogP contribution in [-0.2, 0) is 0 Å². The van der Waals surface area contributed by atoms with E-state index in [1.807, 2.05) is 39.0 Å². The van der Waals surface area contributed by atoms with E-state index in [-0.39, 0.29) is 11.7 Å². The number of hydrogen-bond donors (Lipinski definition) is 0. The molecular formula is C12H13FO. The Morgan fingerprint density at radius 3 is 2.64 bits per heavy atom. The average molecular weight is 192 g/mol. The van der Waals surface area contributed by atoms with E-state index >= 15 is 0 Å². The summed E-state index contributed by atoms with van der Waals surface area (Å²) in [7, 11) is 0. The minimum Gasteiger partial charge on any atom is -0.458 e. The molecule has 14 heavy (non-hydrogen) atoms. The second-order valence-electron chi connectivity index (χ2n) is 3.93. The molecule has 2 rings (SSSR count). The van der Waals surface area contributed by atoms with Crippen LogP contribution in [0, 0.1) is 12.7 Å². The van der Waals surface area contributed by atoms with E-state index < -0.39 is 0 Å². The molecule has 74 valence electrons. The molecule has 0 unspecified atom stereocenters. The highest BCUT2D eigenvalue weighted by molar-refractivity contribution is 5.79. The van der Waals surface area contributed by atoms with Crippen LogP contribution in [0.25, 0.3) is 11.0 Å². The van der Waals surface area contributed by atoms with Crippen molar-refractivity contribution >= 4 is 11.0 Å². The molecule has 0 saturated heterocycles. The van der Waals surface area contributed by atoms with Crippen molar-refractivity contribution in [3.05, 3.63) is 35.3 Å². The smallest absolute Gasteiger partial charge is 0.172 e. The quantitative estimate of drug-likeness (QED) is 0.665. The summed E-state index contributed by atoms with van der Waals surface area (Å²) in [5.41, 5.74) is 1.68. The van der Waals surface area contributed by atoms with Gasteiger partial charge in [0.1, 0.15) is 11.3 Å². The van der Waals surface area contributed by atoms with Crippen molar-refractivity contribution in [2.45, 2.75) is 26.7 Å². The number of halogens is 1. The highest BCUT2D eigenvalue weighted by Gasteiger charge is 2.16. The molecule has 0 radical (unpaired) electrons. The molecule has 2 heteroatoms. The summed E-state index contributed by atoms with van der Waals surface area (Å²) >= 11 is 0. The van der Waals surface area contributed by atoms with E-state index in [0.29, 0.717) is 16.7 Å². The second kappa shape index (κ2) is 3.12. The molecule has 0 bridgehead atoms. The van der Waals surface area contributed by atoms with Crippen molar-refractivity contribution in [1.82, 2.24) is 0 Å². The summed E-state index contributed by atoms with van der Waals surface area (Å²) in [4.78, 5) is 0. The van der Waals surface area contributed by atoms with Gasteiger partial charge < -0.3 is 4.42 Å². The van der Waals surface area contributed by atoms with Crippen LogP contribution in [0.4, 0.5) is 4.39 Å². The van der Waals surface area contributed by atoms with Gasteiger partial charge in [-0.3, -0.25) is 0 Å². The van der Waals surface area contributed by atoms with Gasteiger partial charge in [-0.05, 0) is 19.1 Å². The van der Waals surface area contributed by atoms with Crippen molar-refractivity contribution < 1.29 is 8.81 Å². The Bertz CT molecular complexity index is 468. The van der Waals surface area contributed by atoms with Gasteiger partial charge in [0.2, 0.25) is 0 Å². The Morgan fingerprint density at radius 1 is 1.29 bits per heavy atom. The Labute approximate surface area is 82.5 Å². The highest BCUT2D eigenvalue weighted by atomic mass is 19.1. The van der Waals surface area contributed by atoms with E-state index in [4.69, 9.17) is 4.42 Å². The lowest BCUT2D eigenvalue weighted by Gasteiger charge is -1.97. The third-order valence-electron chi connectivity index (χ3n) is 2.33. The van der Waals surface area contributed by atoms with Crippen LogP contribution in [0.1, 0.15) is 31.1 Å². The van der Waals surface area contributed by atoms with Crippen molar-refractivity contribution in [3.63, 3.8) is 0 Å². The maximum atomic E-state index is 13.8. The van der Waals surface area contributed by atoms with E-state index in [1.165, 1.54) is 0 Å². The summed E-state index contributed by atoms with van der Waals surface area (Å²) < 4.78 is 19.2. The first-order chi connectivity index (χ1) is 6.59. The standard InChI is InChI=1S/C12H13FO/c1-7(2)12-11(13)9-6-8(3)4-5-10(9)14-12/h4-7H,1-3H3. The zero-order valence-corrected chi connectivity index (χ0v) is 8.60. The summed E-state index contributed by atoms with van der Waals surface area (Å²) in [5.74, 6) is 0.326. The summed E-state index contributed by atoms with van der Waals surface area (Å²) in [6, 6.07) is 5.56. The van der Waals surface area contributed by atoms with Crippen molar-refractivity contribution in [2.75, 3.05) is 0 Å². The first-order valence-electron chi connectivity index (χ1n) is 4.78. The highest BCUT2D eigenvalue weighted by Crippen LogP contribution is 2.29. The maximum absolute atomic E-state index is 13.8.